The molecule has 0 saturated carbocycles. The van der Waals surface area contributed by atoms with Gasteiger partial charge in [0.05, 0.1) is 5.56 Å². The minimum atomic E-state index is -4.41. The van der Waals surface area contributed by atoms with Gasteiger partial charge < -0.3 is 15.3 Å². The molecule has 0 aliphatic heterocycles. The third kappa shape index (κ3) is 5.88. The third-order valence-corrected chi connectivity index (χ3v) is 6.86. The summed E-state index contributed by atoms with van der Waals surface area (Å²) in [5.41, 5.74) is 5.05. The molecule has 0 radical (unpaired) electrons. The molecule has 0 spiro atoms. The van der Waals surface area contributed by atoms with Crippen LogP contribution in [0.5, 0.6) is 5.75 Å². The quantitative estimate of drug-likeness (QED) is 0.369. The van der Waals surface area contributed by atoms with E-state index >= 15 is 0 Å². The number of amides is 1. The number of hydrogen-bond donors (Lipinski definition) is 2. The fourth-order valence-corrected chi connectivity index (χ4v) is 4.92. The number of aromatic hydroxyl groups is 1. The van der Waals surface area contributed by atoms with Crippen molar-refractivity contribution in [3.63, 3.8) is 0 Å². The topological polar surface area (TPSA) is 52.6 Å². The summed E-state index contributed by atoms with van der Waals surface area (Å²) < 4.78 is 40.2. The molecule has 4 nitrogen and oxygen atoms in total. The van der Waals surface area contributed by atoms with Crippen LogP contribution in [-0.2, 0) is 19.1 Å². The number of alkyl halides is 3. The predicted octanol–water partition coefficient (Wildman–Crippen LogP) is 6.43. The van der Waals surface area contributed by atoms with Crippen LogP contribution in [0.4, 0.5) is 13.2 Å². The van der Waals surface area contributed by atoms with Crippen LogP contribution in [0.2, 0.25) is 0 Å². The van der Waals surface area contributed by atoms with Crippen molar-refractivity contribution in [3.05, 3.63) is 106 Å². The lowest BCUT2D eigenvalue weighted by molar-refractivity contribution is -0.138. The Morgan fingerprint density at radius 3 is 2.32 bits per heavy atom. The number of halogens is 3. The molecule has 0 aromatic heterocycles. The van der Waals surface area contributed by atoms with Gasteiger partial charge in [0.25, 0.3) is 5.91 Å². The van der Waals surface area contributed by atoms with Crippen molar-refractivity contribution < 1.29 is 23.1 Å². The number of nitrogens with zero attached hydrogens (tertiary/aromatic N) is 1. The van der Waals surface area contributed by atoms with Crippen molar-refractivity contribution in [1.29, 1.82) is 0 Å². The van der Waals surface area contributed by atoms with Crippen molar-refractivity contribution in [2.45, 2.75) is 39.4 Å². The number of aryl methyl sites for hydroxylation is 1. The van der Waals surface area contributed by atoms with Gasteiger partial charge in [0.1, 0.15) is 5.75 Å². The van der Waals surface area contributed by atoms with E-state index in [0.717, 1.165) is 46.7 Å². The van der Waals surface area contributed by atoms with E-state index in [4.69, 9.17) is 0 Å². The highest BCUT2D eigenvalue weighted by Gasteiger charge is 2.32. The largest absolute Gasteiger partial charge is 0.508 e. The summed E-state index contributed by atoms with van der Waals surface area (Å²) in [7, 11) is 0. The van der Waals surface area contributed by atoms with Gasteiger partial charge in [-0.05, 0) is 90.4 Å². The molecule has 0 fully saturated rings. The second-order valence-electron chi connectivity index (χ2n) is 9.13. The zero-order valence-corrected chi connectivity index (χ0v) is 21.0. The summed E-state index contributed by atoms with van der Waals surface area (Å²) in [4.78, 5) is 14.5. The lowest BCUT2D eigenvalue weighted by Crippen LogP contribution is -2.30. The van der Waals surface area contributed by atoms with Gasteiger partial charge in [-0.3, -0.25) is 4.79 Å². The molecule has 0 bridgehead atoms. The predicted molar refractivity (Wildman–Crippen MR) is 139 cm³/mol. The Hall–Kier alpha value is -3.58. The number of carbonyl (C=O) groups excluding carboxylic acids is 1. The first kappa shape index (κ1) is 26.5. The molecule has 194 valence electrons. The fraction of sp³-hybridized carbons (Fsp3) is 0.300. The number of benzene rings is 3. The van der Waals surface area contributed by atoms with Crippen LogP contribution in [0.25, 0.3) is 5.57 Å². The zero-order valence-electron chi connectivity index (χ0n) is 21.0. The van der Waals surface area contributed by atoms with Crippen molar-refractivity contribution in [2.24, 2.45) is 0 Å². The van der Waals surface area contributed by atoms with E-state index in [1.807, 2.05) is 44.2 Å². The van der Waals surface area contributed by atoms with E-state index < -0.39 is 11.7 Å². The zero-order chi connectivity index (χ0) is 26.6. The van der Waals surface area contributed by atoms with E-state index in [2.05, 4.69) is 5.32 Å². The molecule has 4 rings (SSSR count). The number of rotatable bonds is 8. The third-order valence-electron chi connectivity index (χ3n) is 6.86. The molecule has 37 heavy (non-hydrogen) atoms. The molecular formula is C30H31F3N2O2. The molecule has 0 unspecified atom stereocenters. The lowest BCUT2D eigenvalue weighted by atomic mass is 9.81. The molecule has 1 aliphatic carbocycles. The average Bonchev–Trinajstić information content (AvgIpc) is 2.89. The molecular weight excluding hydrogens is 477 g/mol. The number of phenolic OH excluding ortho intramolecular Hbond substituents is 1. The van der Waals surface area contributed by atoms with Gasteiger partial charge in [-0.2, -0.15) is 13.2 Å². The van der Waals surface area contributed by atoms with Gasteiger partial charge in [0.2, 0.25) is 0 Å². The second-order valence-corrected chi connectivity index (χ2v) is 9.13. The standard InChI is InChI=1S/C30H31F3N2O2/c1-3-35(4-2)29(37)22-12-10-21(11-13-22)28-24(14-9-20-15-16-25(36)17-26(20)28)19-34-18-23-7-5-6-8-27(23)30(31,32)33/h5-8,10-13,15-17,34,36H,3-4,9,14,18-19H2,1-2H3. The van der Waals surface area contributed by atoms with Crippen LogP contribution in [0, 0.1) is 0 Å². The van der Waals surface area contributed by atoms with Gasteiger partial charge in [0, 0.05) is 31.7 Å². The molecule has 7 heteroatoms. The van der Waals surface area contributed by atoms with Crippen molar-refractivity contribution in [1.82, 2.24) is 10.2 Å². The Labute approximate surface area is 215 Å². The van der Waals surface area contributed by atoms with E-state index in [1.54, 1.807) is 23.1 Å². The molecule has 3 aromatic rings. The van der Waals surface area contributed by atoms with E-state index in [0.29, 0.717) is 25.2 Å². The van der Waals surface area contributed by atoms with Crippen molar-refractivity contribution in [2.75, 3.05) is 19.6 Å². The molecule has 1 amide bonds. The first-order valence-corrected chi connectivity index (χ1v) is 12.5. The van der Waals surface area contributed by atoms with Crippen LogP contribution >= 0.6 is 0 Å². The molecule has 0 atom stereocenters. The van der Waals surface area contributed by atoms with Crippen LogP contribution in [0.1, 0.15) is 58.4 Å². The number of fused-ring (bicyclic) bond motifs is 1. The highest BCUT2D eigenvalue weighted by atomic mass is 19.4. The van der Waals surface area contributed by atoms with Crippen molar-refractivity contribution in [3.8, 4) is 5.75 Å². The minimum Gasteiger partial charge on any atom is -0.508 e. The fourth-order valence-electron chi connectivity index (χ4n) is 4.92. The Bertz CT molecular complexity index is 1290. The highest BCUT2D eigenvalue weighted by Crippen LogP contribution is 2.38. The van der Waals surface area contributed by atoms with Gasteiger partial charge in [-0.15, -0.1) is 0 Å². The van der Waals surface area contributed by atoms with Crippen LogP contribution in [-0.4, -0.2) is 35.5 Å². The first-order chi connectivity index (χ1) is 17.7. The minimum absolute atomic E-state index is 0.0301. The Balaban J connectivity index is 1.65. The summed E-state index contributed by atoms with van der Waals surface area (Å²) in [6.45, 7) is 5.62. The van der Waals surface area contributed by atoms with Gasteiger partial charge in [0.15, 0.2) is 0 Å². The van der Waals surface area contributed by atoms with E-state index in [1.165, 1.54) is 12.1 Å². The maximum atomic E-state index is 13.4. The SMILES string of the molecule is CCN(CC)C(=O)c1ccc(C2=C(CNCc3ccccc3C(F)(F)F)CCc3ccc(O)cc32)cc1. The monoisotopic (exact) mass is 508 g/mol. The van der Waals surface area contributed by atoms with Crippen molar-refractivity contribution >= 4 is 11.5 Å². The maximum absolute atomic E-state index is 13.4. The smallest absolute Gasteiger partial charge is 0.416 e. The molecule has 2 N–H and O–H groups in total. The first-order valence-electron chi connectivity index (χ1n) is 12.5. The molecule has 0 saturated heterocycles. The number of carbonyl (C=O) groups is 1. The van der Waals surface area contributed by atoms with Gasteiger partial charge in [-0.1, -0.05) is 36.4 Å². The second kappa shape index (κ2) is 11.2. The van der Waals surface area contributed by atoms with Crippen LogP contribution in [0.3, 0.4) is 0 Å². The molecule has 0 heterocycles. The molecule has 1 aliphatic rings. The number of hydrogen-bond acceptors (Lipinski definition) is 3. The van der Waals surface area contributed by atoms with Gasteiger partial charge in [-0.25, -0.2) is 0 Å². The highest BCUT2D eigenvalue weighted by molar-refractivity contribution is 5.95. The average molecular weight is 509 g/mol. The number of nitrogens with one attached hydrogen (secondary N) is 1. The Morgan fingerprint density at radius 1 is 0.946 bits per heavy atom. The summed E-state index contributed by atoms with van der Waals surface area (Å²) >= 11 is 0. The lowest BCUT2D eigenvalue weighted by Gasteiger charge is -2.25. The van der Waals surface area contributed by atoms with E-state index in [-0.39, 0.29) is 23.8 Å². The normalized spacial score (nSPS) is 13.4. The Morgan fingerprint density at radius 2 is 1.65 bits per heavy atom. The van der Waals surface area contributed by atoms with Crippen LogP contribution < -0.4 is 5.32 Å². The summed E-state index contributed by atoms with van der Waals surface area (Å²) in [5, 5.41) is 13.4. The van der Waals surface area contributed by atoms with E-state index in [9.17, 15) is 23.1 Å². The van der Waals surface area contributed by atoms with Gasteiger partial charge >= 0.3 is 6.18 Å². The summed E-state index contributed by atoms with van der Waals surface area (Å²) in [5.74, 6) is 0.121. The summed E-state index contributed by atoms with van der Waals surface area (Å²) in [6.07, 6.45) is -2.90. The Kier molecular flexibility index (Phi) is 8.03. The maximum Gasteiger partial charge on any atom is 0.416 e. The number of phenols is 1. The molecule has 3 aromatic carbocycles. The van der Waals surface area contributed by atoms with Crippen LogP contribution in [0.15, 0.2) is 72.3 Å². The summed E-state index contributed by atoms with van der Waals surface area (Å²) in [6, 6.07) is 18.3.